The van der Waals surface area contributed by atoms with Gasteiger partial charge in [-0.2, -0.15) is 4.98 Å². The summed E-state index contributed by atoms with van der Waals surface area (Å²) >= 11 is 1.14. The van der Waals surface area contributed by atoms with Gasteiger partial charge in [-0.3, -0.25) is 9.36 Å². The van der Waals surface area contributed by atoms with E-state index in [2.05, 4.69) is 20.1 Å². The van der Waals surface area contributed by atoms with Gasteiger partial charge in [-0.25, -0.2) is 9.97 Å². The lowest BCUT2D eigenvalue weighted by atomic mass is 10.4. The zero-order chi connectivity index (χ0) is 14.8. The van der Waals surface area contributed by atoms with Crippen LogP contribution in [0.2, 0.25) is 0 Å². The lowest BCUT2D eigenvalue weighted by Gasteiger charge is -1.98. The van der Waals surface area contributed by atoms with E-state index in [1.54, 1.807) is 16.0 Å². The number of aryl methyl sites for hydroxylation is 1. The molecule has 0 N–H and O–H groups in total. The molecule has 0 bridgehead atoms. The van der Waals surface area contributed by atoms with Crippen LogP contribution in [0.5, 0.6) is 5.88 Å². The first-order chi connectivity index (χ1) is 10.2. The summed E-state index contributed by atoms with van der Waals surface area (Å²) in [6.07, 6.45) is 1.36. The van der Waals surface area contributed by atoms with Crippen molar-refractivity contribution >= 4 is 11.3 Å². The molecule has 3 aromatic heterocycles. The molecule has 0 aromatic carbocycles. The van der Waals surface area contributed by atoms with Gasteiger partial charge in [-0.15, -0.1) is 0 Å². The minimum Gasteiger partial charge on any atom is -0.481 e. The zero-order valence-corrected chi connectivity index (χ0v) is 12.1. The summed E-state index contributed by atoms with van der Waals surface area (Å²) in [5.74, 6) is 1.08. The maximum Gasteiger partial charge on any atom is 0.307 e. The number of ether oxygens (including phenoxy) is 1. The maximum atomic E-state index is 11.7. The molecule has 0 amide bonds. The minimum atomic E-state index is -0.0593. The third kappa shape index (κ3) is 2.68. The van der Waals surface area contributed by atoms with Crippen LogP contribution in [0.4, 0.5) is 0 Å². The molecule has 0 spiro atoms. The van der Waals surface area contributed by atoms with Crippen LogP contribution in [-0.4, -0.2) is 31.8 Å². The lowest BCUT2D eigenvalue weighted by molar-refractivity contribution is 0.369. The van der Waals surface area contributed by atoms with Crippen LogP contribution < -0.4 is 9.61 Å². The van der Waals surface area contributed by atoms with Gasteiger partial charge in [-0.05, 0) is 6.92 Å². The van der Waals surface area contributed by atoms with Crippen LogP contribution in [0.1, 0.15) is 11.6 Å². The van der Waals surface area contributed by atoms with Crippen LogP contribution in [-0.2, 0) is 6.54 Å². The van der Waals surface area contributed by atoms with E-state index >= 15 is 0 Å². The molecule has 0 saturated carbocycles. The predicted molar refractivity (Wildman–Crippen MR) is 74.3 cm³/mol. The molecule has 8 nitrogen and oxygen atoms in total. The third-order valence-electron chi connectivity index (χ3n) is 2.82. The Bertz CT molecular complexity index is 822. The van der Waals surface area contributed by atoms with E-state index in [-0.39, 0.29) is 11.4 Å². The topological polar surface area (TPSA) is 95.9 Å². The molecule has 0 radical (unpaired) electrons. The second-order valence-corrected chi connectivity index (χ2v) is 5.01. The Labute approximate surface area is 123 Å². The highest BCUT2D eigenvalue weighted by Gasteiger charge is 2.13. The molecule has 0 atom stereocenters. The first kappa shape index (κ1) is 13.4. The standard InChI is InChI=1S/C12H11N5O3S/c1-7-5-21-12(18)17(7)4-10-15-11(16-20-10)8-3-9(19-2)14-6-13-8/h3,5-6H,4H2,1-2H3. The van der Waals surface area contributed by atoms with Crippen molar-refractivity contribution in [3.05, 3.63) is 39.0 Å². The van der Waals surface area contributed by atoms with Gasteiger partial charge in [0.1, 0.15) is 18.6 Å². The molecule has 0 aliphatic rings. The van der Waals surface area contributed by atoms with Crippen molar-refractivity contribution in [1.29, 1.82) is 0 Å². The molecule has 108 valence electrons. The molecule has 0 fully saturated rings. The van der Waals surface area contributed by atoms with Crippen molar-refractivity contribution in [2.45, 2.75) is 13.5 Å². The number of rotatable bonds is 4. The Morgan fingerprint density at radius 2 is 2.29 bits per heavy atom. The molecular formula is C12H11N5O3S. The van der Waals surface area contributed by atoms with Crippen LogP contribution in [0.25, 0.3) is 11.5 Å². The van der Waals surface area contributed by atoms with E-state index in [4.69, 9.17) is 9.26 Å². The molecule has 9 heteroatoms. The summed E-state index contributed by atoms with van der Waals surface area (Å²) in [5.41, 5.74) is 1.35. The monoisotopic (exact) mass is 305 g/mol. The summed E-state index contributed by atoms with van der Waals surface area (Å²) in [4.78, 5) is 23.8. The van der Waals surface area contributed by atoms with E-state index < -0.39 is 0 Å². The van der Waals surface area contributed by atoms with Crippen molar-refractivity contribution in [2.24, 2.45) is 0 Å². The van der Waals surface area contributed by atoms with Gasteiger partial charge in [-0.1, -0.05) is 16.5 Å². The molecule has 0 saturated heterocycles. The summed E-state index contributed by atoms with van der Waals surface area (Å²) in [5, 5.41) is 5.64. The molecule has 21 heavy (non-hydrogen) atoms. The van der Waals surface area contributed by atoms with Crippen molar-refractivity contribution in [3.63, 3.8) is 0 Å². The van der Waals surface area contributed by atoms with Crippen molar-refractivity contribution in [2.75, 3.05) is 7.11 Å². The number of hydrogen-bond acceptors (Lipinski definition) is 8. The number of thiazole rings is 1. The minimum absolute atomic E-state index is 0.0593. The summed E-state index contributed by atoms with van der Waals surface area (Å²) in [6.45, 7) is 2.09. The van der Waals surface area contributed by atoms with Gasteiger partial charge >= 0.3 is 4.87 Å². The average Bonchev–Trinajstić information content (AvgIpc) is 3.10. The van der Waals surface area contributed by atoms with E-state index in [1.807, 2.05) is 6.92 Å². The fraction of sp³-hybridized carbons (Fsp3) is 0.250. The second kappa shape index (κ2) is 5.44. The molecule has 3 rings (SSSR count). The highest BCUT2D eigenvalue weighted by molar-refractivity contribution is 7.07. The van der Waals surface area contributed by atoms with Gasteiger partial charge in [0.2, 0.25) is 17.6 Å². The lowest BCUT2D eigenvalue weighted by Crippen LogP contribution is -2.15. The Morgan fingerprint density at radius 3 is 3.00 bits per heavy atom. The highest BCUT2D eigenvalue weighted by atomic mass is 32.1. The normalized spacial score (nSPS) is 10.8. The number of hydrogen-bond donors (Lipinski definition) is 0. The quantitative estimate of drug-likeness (QED) is 0.712. The third-order valence-corrected chi connectivity index (χ3v) is 3.70. The fourth-order valence-corrected chi connectivity index (χ4v) is 2.46. The van der Waals surface area contributed by atoms with Gasteiger partial charge in [0.15, 0.2) is 0 Å². The average molecular weight is 305 g/mol. The number of methoxy groups -OCH3 is 1. The highest BCUT2D eigenvalue weighted by Crippen LogP contribution is 2.16. The van der Waals surface area contributed by atoms with Crippen molar-refractivity contribution < 1.29 is 9.26 Å². The summed E-state index contributed by atoms with van der Waals surface area (Å²) in [7, 11) is 1.51. The van der Waals surface area contributed by atoms with Gasteiger partial charge in [0.25, 0.3) is 0 Å². The summed E-state index contributed by atoms with van der Waals surface area (Å²) in [6, 6.07) is 1.61. The van der Waals surface area contributed by atoms with Gasteiger partial charge in [0.05, 0.1) is 7.11 Å². The zero-order valence-electron chi connectivity index (χ0n) is 11.3. The molecule has 3 aromatic rings. The first-order valence-corrected chi connectivity index (χ1v) is 6.89. The van der Waals surface area contributed by atoms with Gasteiger partial charge in [0, 0.05) is 17.1 Å². The van der Waals surface area contributed by atoms with Crippen LogP contribution in [0.3, 0.4) is 0 Å². The first-order valence-electron chi connectivity index (χ1n) is 6.01. The molecule has 0 aliphatic heterocycles. The molecule has 3 heterocycles. The van der Waals surface area contributed by atoms with E-state index in [1.165, 1.54) is 13.4 Å². The van der Waals surface area contributed by atoms with E-state index in [9.17, 15) is 4.79 Å². The Kier molecular flexibility index (Phi) is 3.48. The van der Waals surface area contributed by atoms with Crippen LogP contribution in [0.15, 0.2) is 27.1 Å². The van der Waals surface area contributed by atoms with Crippen molar-refractivity contribution in [3.8, 4) is 17.4 Å². The Hall–Kier alpha value is -2.55. The van der Waals surface area contributed by atoms with E-state index in [0.29, 0.717) is 23.3 Å². The van der Waals surface area contributed by atoms with Crippen LogP contribution in [0, 0.1) is 6.92 Å². The van der Waals surface area contributed by atoms with Crippen molar-refractivity contribution in [1.82, 2.24) is 24.7 Å². The van der Waals surface area contributed by atoms with Crippen LogP contribution >= 0.6 is 11.3 Å². The largest absolute Gasteiger partial charge is 0.481 e. The fourth-order valence-electron chi connectivity index (χ4n) is 1.73. The van der Waals surface area contributed by atoms with Gasteiger partial charge < -0.3 is 9.26 Å². The number of aromatic nitrogens is 5. The van der Waals surface area contributed by atoms with E-state index in [0.717, 1.165) is 17.0 Å². The predicted octanol–water partition coefficient (Wildman–Crippen LogP) is 1.12. The summed E-state index contributed by atoms with van der Waals surface area (Å²) < 4.78 is 11.7. The number of nitrogens with zero attached hydrogens (tertiary/aromatic N) is 5. The molecule has 0 unspecified atom stereocenters. The maximum absolute atomic E-state index is 11.7. The Balaban J connectivity index is 1.88. The Morgan fingerprint density at radius 1 is 1.43 bits per heavy atom. The molecule has 0 aliphatic carbocycles. The smallest absolute Gasteiger partial charge is 0.307 e. The SMILES string of the molecule is COc1cc(-c2noc(Cn3c(C)csc3=O)n2)ncn1. The molecular weight excluding hydrogens is 294 g/mol. The second-order valence-electron chi connectivity index (χ2n) is 4.19.